The van der Waals surface area contributed by atoms with Crippen molar-refractivity contribution in [2.75, 3.05) is 38.1 Å². The van der Waals surface area contributed by atoms with E-state index < -0.39 is 0 Å². The second-order valence-corrected chi connectivity index (χ2v) is 7.69. The summed E-state index contributed by atoms with van der Waals surface area (Å²) in [6, 6.07) is 4.06. The Balaban J connectivity index is 1.44. The van der Waals surface area contributed by atoms with Gasteiger partial charge in [-0.1, -0.05) is 0 Å². The van der Waals surface area contributed by atoms with Gasteiger partial charge in [-0.25, -0.2) is 15.0 Å². The molecule has 10 nitrogen and oxygen atoms in total. The fourth-order valence-electron chi connectivity index (χ4n) is 4.00. The Hall–Kier alpha value is -3.92. The number of hydrogen-bond acceptors (Lipinski definition) is 8. The van der Waals surface area contributed by atoms with Gasteiger partial charge in [-0.3, -0.25) is 15.1 Å². The van der Waals surface area contributed by atoms with Crippen LogP contribution in [0.3, 0.4) is 0 Å². The van der Waals surface area contributed by atoms with Crippen LogP contribution in [-0.4, -0.2) is 78.2 Å². The minimum Gasteiger partial charge on any atom is -0.367 e. The summed E-state index contributed by atoms with van der Waals surface area (Å²) in [6.45, 7) is 4.02. The zero-order valence-electron chi connectivity index (χ0n) is 16.9. The molecule has 0 aromatic carbocycles. The van der Waals surface area contributed by atoms with Crippen LogP contribution >= 0.6 is 0 Å². The second-order valence-electron chi connectivity index (χ2n) is 7.69. The first kappa shape index (κ1) is 17.9. The van der Waals surface area contributed by atoms with Crippen molar-refractivity contribution < 1.29 is 0 Å². The Kier molecular flexibility index (Phi) is 4.10. The highest BCUT2D eigenvalue weighted by Crippen LogP contribution is 2.31. The van der Waals surface area contributed by atoms with Gasteiger partial charge in [0.15, 0.2) is 17.1 Å². The van der Waals surface area contributed by atoms with Gasteiger partial charge >= 0.3 is 0 Å². The van der Waals surface area contributed by atoms with Crippen molar-refractivity contribution in [3.63, 3.8) is 0 Å². The molecular weight excluding hydrogens is 392 g/mol. The van der Waals surface area contributed by atoms with Crippen molar-refractivity contribution in [1.29, 1.82) is 0 Å². The number of imidazole rings is 1. The van der Waals surface area contributed by atoms with Crippen LogP contribution in [0.5, 0.6) is 0 Å². The molecule has 31 heavy (non-hydrogen) atoms. The van der Waals surface area contributed by atoms with Crippen molar-refractivity contribution in [3.05, 3.63) is 43.1 Å². The molecule has 0 amide bonds. The fourth-order valence-corrected chi connectivity index (χ4v) is 4.00. The van der Waals surface area contributed by atoms with E-state index in [0.717, 1.165) is 59.7 Å². The van der Waals surface area contributed by atoms with E-state index in [9.17, 15) is 0 Å². The second kappa shape index (κ2) is 7.10. The van der Waals surface area contributed by atoms with Gasteiger partial charge in [0, 0.05) is 56.5 Å². The number of aromatic nitrogens is 8. The van der Waals surface area contributed by atoms with Gasteiger partial charge in [-0.05, 0) is 19.2 Å². The number of hydrogen-bond donors (Lipinski definition) is 2. The van der Waals surface area contributed by atoms with E-state index in [1.165, 1.54) is 0 Å². The maximum atomic E-state index is 4.75. The van der Waals surface area contributed by atoms with Gasteiger partial charge in [0.05, 0.1) is 23.0 Å². The molecule has 0 aliphatic carbocycles. The van der Waals surface area contributed by atoms with Crippen molar-refractivity contribution in [2.24, 2.45) is 0 Å². The van der Waals surface area contributed by atoms with Crippen LogP contribution in [0.2, 0.25) is 0 Å². The predicted molar refractivity (Wildman–Crippen MR) is 118 cm³/mol. The van der Waals surface area contributed by atoms with Gasteiger partial charge in [0.25, 0.3) is 0 Å². The van der Waals surface area contributed by atoms with E-state index >= 15 is 0 Å². The molecule has 0 spiro atoms. The molecule has 0 unspecified atom stereocenters. The molecule has 154 valence electrons. The number of likely N-dealkylation sites (N-methyl/N-ethyl adjacent to an activating group) is 1. The molecule has 1 aliphatic heterocycles. The molecule has 5 aromatic heterocycles. The zero-order valence-corrected chi connectivity index (χ0v) is 16.9. The molecule has 0 saturated carbocycles. The molecule has 1 aliphatic rings. The average molecular weight is 412 g/mol. The fraction of sp³-hybridized carbons (Fsp3) is 0.238. The van der Waals surface area contributed by atoms with E-state index in [1.807, 2.05) is 12.3 Å². The SMILES string of the molecule is CN1CCN(c2ccnc3nc(-c4[nH]nc5ncc(-c6cnccn6)cc45)[nH]c23)CC1. The standard InChI is InChI=1S/C21H20N10/c1-30-6-8-31(9-7-30)16-2-3-24-20-18(16)26-21(27-20)17-14-10-13(11-25-19(14)29-28-17)15-12-22-4-5-23-15/h2-5,10-12H,6-9H2,1H3,(H,24,26,27)(H,25,28,29). The number of anilines is 1. The summed E-state index contributed by atoms with van der Waals surface area (Å²) in [6.07, 6.45) is 8.61. The quantitative estimate of drug-likeness (QED) is 0.463. The summed E-state index contributed by atoms with van der Waals surface area (Å²) < 4.78 is 0. The lowest BCUT2D eigenvalue weighted by Gasteiger charge is -2.34. The van der Waals surface area contributed by atoms with E-state index in [-0.39, 0.29) is 0 Å². The molecule has 0 atom stereocenters. The summed E-state index contributed by atoms with van der Waals surface area (Å²) in [5, 5.41) is 8.30. The lowest BCUT2D eigenvalue weighted by Crippen LogP contribution is -2.44. The largest absolute Gasteiger partial charge is 0.367 e. The maximum absolute atomic E-state index is 4.75. The third kappa shape index (κ3) is 3.08. The van der Waals surface area contributed by atoms with Gasteiger partial charge in [0.1, 0.15) is 11.2 Å². The normalized spacial score (nSPS) is 15.2. The predicted octanol–water partition coefficient (Wildman–Crippen LogP) is 2.10. The molecule has 0 bridgehead atoms. The minimum atomic E-state index is 0.621. The smallest absolute Gasteiger partial charge is 0.181 e. The highest BCUT2D eigenvalue weighted by molar-refractivity contribution is 5.94. The molecule has 0 radical (unpaired) electrons. The van der Waals surface area contributed by atoms with Crippen LogP contribution in [0, 0.1) is 0 Å². The average Bonchev–Trinajstić information content (AvgIpc) is 3.43. The molecule has 10 heteroatoms. The summed E-state index contributed by atoms with van der Waals surface area (Å²) in [4.78, 5) is 30.4. The Morgan fingerprint density at radius 1 is 0.935 bits per heavy atom. The van der Waals surface area contributed by atoms with E-state index in [2.05, 4.69) is 58.0 Å². The molecule has 6 heterocycles. The Bertz CT molecular complexity index is 1370. The topological polar surface area (TPSA) is 115 Å². The maximum Gasteiger partial charge on any atom is 0.181 e. The summed E-state index contributed by atoms with van der Waals surface area (Å²) in [5.74, 6) is 0.685. The number of piperazine rings is 1. The highest BCUT2D eigenvalue weighted by Gasteiger charge is 2.20. The van der Waals surface area contributed by atoms with E-state index in [4.69, 9.17) is 4.98 Å². The summed E-state index contributed by atoms with van der Waals surface area (Å²) in [5.41, 5.74) is 5.77. The van der Waals surface area contributed by atoms with Gasteiger partial charge in [-0.15, -0.1) is 0 Å². The number of nitrogens with one attached hydrogen (secondary N) is 2. The van der Waals surface area contributed by atoms with Crippen molar-refractivity contribution in [2.45, 2.75) is 0 Å². The number of fused-ring (bicyclic) bond motifs is 2. The lowest BCUT2D eigenvalue weighted by molar-refractivity contribution is 0.313. The summed E-state index contributed by atoms with van der Waals surface area (Å²) in [7, 11) is 2.15. The first-order valence-electron chi connectivity index (χ1n) is 10.2. The molecule has 2 N–H and O–H groups in total. The highest BCUT2D eigenvalue weighted by atomic mass is 15.3. The third-order valence-electron chi connectivity index (χ3n) is 5.72. The van der Waals surface area contributed by atoms with Crippen LogP contribution < -0.4 is 4.90 Å². The van der Waals surface area contributed by atoms with Crippen LogP contribution in [0.15, 0.2) is 43.1 Å². The number of rotatable bonds is 3. The number of pyridine rings is 2. The minimum absolute atomic E-state index is 0.621. The molecule has 1 saturated heterocycles. The van der Waals surface area contributed by atoms with Crippen LogP contribution in [0.25, 0.3) is 45.0 Å². The van der Waals surface area contributed by atoms with Gasteiger partial charge in [0.2, 0.25) is 0 Å². The monoisotopic (exact) mass is 412 g/mol. The van der Waals surface area contributed by atoms with E-state index in [1.54, 1.807) is 24.8 Å². The van der Waals surface area contributed by atoms with Crippen molar-refractivity contribution in [1.82, 2.24) is 45.0 Å². The zero-order chi connectivity index (χ0) is 20.8. The van der Waals surface area contributed by atoms with Gasteiger partial charge < -0.3 is 14.8 Å². The Morgan fingerprint density at radius 3 is 2.68 bits per heavy atom. The first-order chi connectivity index (χ1) is 15.3. The number of nitrogens with zero attached hydrogens (tertiary/aromatic N) is 8. The van der Waals surface area contributed by atoms with Crippen LogP contribution in [0.4, 0.5) is 5.69 Å². The third-order valence-corrected chi connectivity index (χ3v) is 5.72. The number of H-pyrrole nitrogens is 2. The molecule has 6 rings (SSSR count). The van der Waals surface area contributed by atoms with Crippen molar-refractivity contribution >= 4 is 27.9 Å². The Labute approximate surface area is 177 Å². The van der Waals surface area contributed by atoms with Crippen molar-refractivity contribution in [3.8, 4) is 22.8 Å². The number of aromatic amines is 2. The van der Waals surface area contributed by atoms with Crippen LogP contribution in [0.1, 0.15) is 0 Å². The lowest BCUT2D eigenvalue weighted by atomic mass is 10.1. The molecule has 5 aromatic rings. The molecule has 1 fully saturated rings. The summed E-state index contributed by atoms with van der Waals surface area (Å²) >= 11 is 0. The van der Waals surface area contributed by atoms with Gasteiger partial charge in [-0.2, -0.15) is 5.10 Å². The first-order valence-corrected chi connectivity index (χ1v) is 10.2. The van der Waals surface area contributed by atoms with E-state index in [0.29, 0.717) is 17.1 Å². The Morgan fingerprint density at radius 2 is 1.84 bits per heavy atom. The van der Waals surface area contributed by atoms with Crippen LogP contribution in [-0.2, 0) is 0 Å². The molecular formula is C21H20N10.